The lowest BCUT2D eigenvalue weighted by molar-refractivity contribution is 0.0699. The van der Waals surface area contributed by atoms with Crippen LogP contribution in [0.5, 0.6) is 5.75 Å². The summed E-state index contributed by atoms with van der Waals surface area (Å²) in [5, 5.41) is 10.0. The van der Waals surface area contributed by atoms with Crippen LogP contribution in [0.15, 0.2) is 54.7 Å². The maximum Gasteiger partial charge on any atom is 0.337 e. The Labute approximate surface area is 128 Å². The summed E-state index contributed by atoms with van der Waals surface area (Å²) in [6.45, 7) is 3.19. The van der Waals surface area contributed by atoms with Crippen LogP contribution in [0.4, 0.5) is 0 Å². The minimum absolute atomic E-state index is 0.325. The van der Waals surface area contributed by atoms with E-state index < -0.39 is 5.97 Å². The lowest BCUT2D eigenvalue weighted by Crippen LogP contribution is -1.96. The Morgan fingerprint density at radius 1 is 1.18 bits per heavy atom. The maximum absolute atomic E-state index is 11.3. The number of aromatic carboxylic acids is 1. The number of fused-ring (bicyclic) bond motifs is 1. The summed E-state index contributed by atoms with van der Waals surface area (Å²) in [7, 11) is 0. The first-order valence-corrected chi connectivity index (χ1v) is 7.22. The fourth-order valence-electron chi connectivity index (χ4n) is 2.53. The molecule has 0 bridgehead atoms. The summed E-state index contributed by atoms with van der Waals surface area (Å²) < 4.78 is 7.73. The minimum Gasteiger partial charge on any atom is -0.489 e. The van der Waals surface area contributed by atoms with E-state index in [1.165, 1.54) is 0 Å². The van der Waals surface area contributed by atoms with Crippen LogP contribution in [0.1, 0.15) is 22.8 Å². The van der Waals surface area contributed by atoms with Gasteiger partial charge in [-0.15, -0.1) is 0 Å². The molecule has 0 aliphatic carbocycles. The van der Waals surface area contributed by atoms with E-state index in [0.717, 1.165) is 22.2 Å². The van der Waals surface area contributed by atoms with Gasteiger partial charge in [0, 0.05) is 24.2 Å². The van der Waals surface area contributed by atoms with E-state index in [-0.39, 0.29) is 0 Å². The highest BCUT2D eigenvalue weighted by Crippen LogP contribution is 2.26. The van der Waals surface area contributed by atoms with Crippen LogP contribution in [0.3, 0.4) is 0 Å². The van der Waals surface area contributed by atoms with Gasteiger partial charge in [-0.3, -0.25) is 0 Å². The van der Waals surface area contributed by atoms with E-state index in [1.807, 2.05) is 60.0 Å². The Kier molecular flexibility index (Phi) is 3.83. The second-order valence-electron chi connectivity index (χ2n) is 5.09. The number of rotatable bonds is 5. The average Bonchev–Trinajstić information content (AvgIpc) is 2.92. The number of aryl methyl sites for hydroxylation is 1. The molecule has 1 heterocycles. The van der Waals surface area contributed by atoms with Crippen LogP contribution in [-0.4, -0.2) is 15.6 Å². The second kappa shape index (κ2) is 5.93. The van der Waals surface area contributed by atoms with Gasteiger partial charge in [0.15, 0.2) is 0 Å². The number of carboxylic acid groups (broad SMARTS) is 1. The summed E-state index contributed by atoms with van der Waals surface area (Å²) in [5.74, 6) is -0.170. The number of benzene rings is 2. The second-order valence-corrected chi connectivity index (χ2v) is 5.09. The van der Waals surface area contributed by atoms with E-state index in [4.69, 9.17) is 4.74 Å². The van der Waals surface area contributed by atoms with E-state index in [0.29, 0.717) is 18.7 Å². The van der Waals surface area contributed by atoms with Crippen molar-refractivity contribution >= 4 is 16.9 Å². The molecule has 22 heavy (non-hydrogen) atoms. The molecule has 4 nitrogen and oxygen atoms in total. The maximum atomic E-state index is 11.3. The molecule has 112 valence electrons. The quantitative estimate of drug-likeness (QED) is 0.775. The first-order valence-electron chi connectivity index (χ1n) is 7.22. The van der Waals surface area contributed by atoms with Crippen LogP contribution in [0.25, 0.3) is 10.9 Å². The van der Waals surface area contributed by atoms with Gasteiger partial charge in [0.2, 0.25) is 0 Å². The van der Waals surface area contributed by atoms with Crippen LogP contribution in [0, 0.1) is 0 Å². The van der Waals surface area contributed by atoms with E-state index >= 15 is 0 Å². The summed E-state index contributed by atoms with van der Waals surface area (Å²) >= 11 is 0. The summed E-state index contributed by atoms with van der Waals surface area (Å²) in [5.41, 5.74) is 2.30. The van der Waals surface area contributed by atoms with Gasteiger partial charge >= 0.3 is 5.97 Å². The summed E-state index contributed by atoms with van der Waals surface area (Å²) in [6, 6.07) is 15.5. The number of hydrogen-bond acceptors (Lipinski definition) is 2. The van der Waals surface area contributed by atoms with Crippen LogP contribution >= 0.6 is 0 Å². The van der Waals surface area contributed by atoms with Crippen molar-refractivity contribution in [3.8, 4) is 5.75 Å². The van der Waals surface area contributed by atoms with Crippen LogP contribution in [-0.2, 0) is 13.2 Å². The fourth-order valence-corrected chi connectivity index (χ4v) is 2.53. The van der Waals surface area contributed by atoms with Crippen LogP contribution in [0.2, 0.25) is 0 Å². The third-order valence-electron chi connectivity index (χ3n) is 3.67. The number of carbonyl (C=O) groups is 1. The van der Waals surface area contributed by atoms with Crippen molar-refractivity contribution < 1.29 is 14.6 Å². The Hall–Kier alpha value is -2.75. The standard InChI is InChI=1S/C18H17NO3/c1-2-19-11-16(18(20)21)15-9-8-14(10-17(15)19)22-12-13-6-4-3-5-7-13/h3-11H,2,12H2,1H3,(H,20,21). The molecule has 4 heteroatoms. The molecule has 1 aromatic heterocycles. The average molecular weight is 295 g/mol. The van der Waals surface area contributed by atoms with Gasteiger partial charge in [-0.05, 0) is 24.6 Å². The third kappa shape index (κ3) is 2.68. The van der Waals surface area contributed by atoms with Gasteiger partial charge in [0.05, 0.1) is 11.1 Å². The van der Waals surface area contributed by atoms with Gasteiger partial charge in [0.25, 0.3) is 0 Å². The number of nitrogens with zero attached hydrogens (tertiary/aromatic N) is 1. The van der Waals surface area contributed by atoms with Crippen molar-refractivity contribution in [3.05, 3.63) is 65.9 Å². The molecule has 0 unspecified atom stereocenters. The lowest BCUT2D eigenvalue weighted by atomic mass is 10.1. The van der Waals surface area contributed by atoms with Crippen LogP contribution < -0.4 is 4.74 Å². The number of aromatic nitrogens is 1. The Morgan fingerprint density at radius 2 is 1.95 bits per heavy atom. The van der Waals surface area contributed by atoms with E-state index in [1.54, 1.807) is 6.20 Å². The zero-order valence-electron chi connectivity index (χ0n) is 12.3. The van der Waals surface area contributed by atoms with Crippen molar-refractivity contribution in [2.24, 2.45) is 0 Å². The normalized spacial score (nSPS) is 10.8. The van der Waals surface area contributed by atoms with E-state index in [9.17, 15) is 9.90 Å². The number of ether oxygens (including phenoxy) is 1. The summed E-state index contributed by atoms with van der Waals surface area (Å²) in [4.78, 5) is 11.3. The number of hydrogen-bond donors (Lipinski definition) is 1. The fraction of sp³-hybridized carbons (Fsp3) is 0.167. The molecule has 3 rings (SSSR count). The van der Waals surface area contributed by atoms with Crippen molar-refractivity contribution in [3.63, 3.8) is 0 Å². The zero-order chi connectivity index (χ0) is 15.5. The SMILES string of the molecule is CCn1cc(C(=O)O)c2ccc(OCc3ccccc3)cc21. The van der Waals surface area contributed by atoms with Gasteiger partial charge in [0.1, 0.15) is 12.4 Å². The van der Waals surface area contributed by atoms with Gasteiger partial charge in [-0.2, -0.15) is 0 Å². The monoisotopic (exact) mass is 295 g/mol. The predicted molar refractivity (Wildman–Crippen MR) is 85.3 cm³/mol. The molecule has 0 radical (unpaired) electrons. The molecular formula is C18H17NO3. The largest absolute Gasteiger partial charge is 0.489 e. The Bertz CT molecular complexity index is 806. The molecule has 0 saturated heterocycles. The minimum atomic E-state index is -0.907. The van der Waals surface area contributed by atoms with Crippen molar-refractivity contribution in [2.45, 2.75) is 20.1 Å². The molecule has 0 aliphatic rings. The van der Waals surface area contributed by atoms with Crippen molar-refractivity contribution in [1.82, 2.24) is 4.57 Å². The topological polar surface area (TPSA) is 51.5 Å². The molecule has 1 N–H and O–H groups in total. The number of carboxylic acids is 1. The smallest absolute Gasteiger partial charge is 0.337 e. The molecule has 0 amide bonds. The molecule has 3 aromatic rings. The molecule has 0 fully saturated rings. The zero-order valence-corrected chi connectivity index (χ0v) is 12.3. The summed E-state index contributed by atoms with van der Waals surface area (Å²) in [6.07, 6.45) is 1.67. The first kappa shape index (κ1) is 14.2. The highest BCUT2D eigenvalue weighted by molar-refractivity contribution is 6.03. The Balaban J connectivity index is 1.90. The highest BCUT2D eigenvalue weighted by atomic mass is 16.5. The van der Waals surface area contributed by atoms with Gasteiger partial charge in [-0.1, -0.05) is 30.3 Å². The van der Waals surface area contributed by atoms with Crippen molar-refractivity contribution in [1.29, 1.82) is 0 Å². The lowest BCUT2D eigenvalue weighted by Gasteiger charge is -2.07. The third-order valence-corrected chi connectivity index (χ3v) is 3.67. The molecule has 0 aliphatic heterocycles. The molecule has 2 aromatic carbocycles. The molecule has 0 spiro atoms. The highest BCUT2D eigenvalue weighted by Gasteiger charge is 2.14. The van der Waals surface area contributed by atoms with Gasteiger partial charge in [-0.25, -0.2) is 4.79 Å². The molecule has 0 atom stereocenters. The van der Waals surface area contributed by atoms with Crippen molar-refractivity contribution in [2.75, 3.05) is 0 Å². The van der Waals surface area contributed by atoms with Gasteiger partial charge < -0.3 is 14.4 Å². The van der Waals surface area contributed by atoms with E-state index in [2.05, 4.69) is 0 Å². The Morgan fingerprint density at radius 3 is 2.64 bits per heavy atom. The first-order chi connectivity index (χ1) is 10.7. The predicted octanol–water partition coefficient (Wildman–Crippen LogP) is 3.94. The molecule has 0 saturated carbocycles. The molecular weight excluding hydrogens is 278 g/mol.